The minimum Gasteiger partial charge on any atom is -0.396 e. The molecule has 4 aromatic rings. The van der Waals surface area contributed by atoms with E-state index in [4.69, 9.17) is 10.7 Å². The molecule has 0 aliphatic heterocycles. The van der Waals surface area contributed by atoms with Gasteiger partial charge in [-0.3, -0.25) is 4.79 Å². The van der Waals surface area contributed by atoms with E-state index in [2.05, 4.69) is 5.32 Å². The summed E-state index contributed by atoms with van der Waals surface area (Å²) in [5.74, 6) is -0.394. The van der Waals surface area contributed by atoms with Gasteiger partial charge in [0.05, 0.1) is 28.5 Å². The van der Waals surface area contributed by atoms with Gasteiger partial charge in [0.2, 0.25) is 0 Å². The number of halogens is 1. The number of hydrogen-bond acceptors (Lipinski definition) is 3. The molecule has 1 amide bonds. The fraction of sp³-hybridized carbons (Fsp3) is 0.154. The molecular formula is C26H22FN3O. The number of pyridine rings is 1. The number of benzene rings is 3. The van der Waals surface area contributed by atoms with Crippen molar-refractivity contribution in [2.75, 3.05) is 5.73 Å². The van der Waals surface area contributed by atoms with Gasteiger partial charge in [0, 0.05) is 16.5 Å². The molecule has 1 aromatic heterocycles. The molecule has 1 saturated carbocycles. The minimum absolute atomic E-state index is 0.226. The van der Waals surface area contributed by atoms with E-state index in [9.17, 15) is 9.18 Å². The molecule has 1 fully saturated rings. The molecule has 0 unspecified atom stereocenters. The average Bonchev–Trinajstić information content (AvgIpc) is 3.63. The van der Waals surface area contributed by atoms with E-state index >= 15 is 0 Å². The highest BCUT2D eigenvalue weighted by atomic mass is 19.1. The van der Waals surface area contributed by atoms with Crippen LogP contribution in [0.3, 0.4) is 0 Å². The van der Waals surface area contributed by atoms with Gasteiger partial charge in [-0.2, -0.15) is 0 Å². The summed E-state index contributed by atoms with van der Waals surface area (Å²) < 4.78 is 14.5. The number of amides is 1. The first kappa shape index (κ1) is 19.2. The van der Waals surface area contributed by atoms with Gasteiger partial charge < -0.3 is 11.1 Å². The number of carbonyl (C=O) groups excluding carboxylic acids is 1. The summed E-state index contributed by atoms with van der Waals surface area (Å²) in [6, 6.07) is 23.3. The zero-order valence-electron chi connectivity index (χ0n) is 16.9. The zero-order chi connectivity index (χ0) is 21.4. The number of anilines is 1. The highest BCUT2D eigenvalue weighted by Crippen LogP contribution is 2.42. The van der Waals surface area contributed by atoms with E-state index in [0.717, 1.165) is 18.4 Å². The lowest BCUT2D eigenvalue weighted by atomic mass is 9.98. The van der Waals surface area contributed by atoms with Gasteiger partial charge in [0.15, 0.2) is 0 Å². The van der Waals surface area contributed by atoms with Crippen LogP contribution in [0.1, 0.15) is 34.8 Å². The van der Waals surface area contributed by atoms with Gasteiger partial charge >= 0.3 is 0 Å². The van der Waals surface area contributed by atoms with Crippen molar-refractivity contribution < 1.29 is 9.18 Å². The third-order valence-corrected chi connectivity index (χ3v) is 5.82. The molecule has 3 aromatic carbocycles. The number of hydrogen-bond donors (Lipinski definition) is 2. The predicted molar refractivity (Wildman–Crippen MR) is 121 cm³/mol. The third kappa shape index (κ3) is 3.63. The first-order valence-corrected chi connectivity index (χ1v) is 10.4. The first-order chi connectivity index (χ1) is 15.1. The highest BCUT2D eigenvalue weighted by molar-refractivity contribution is 6.12. The van der Waals surface area contributed by atoms with Crippen LogP contribution in [0.5, 0.6) is 0 Å². The Morgan fingerprint density at radius 1 is 0.968 bits per heavy atom. The van der Waals surface area contributed by atoms with Crippen molar-refractivity contribution in [2.24, 2.45) is 5.92 Å². The summed E-state index contributed by atoms with van der Waals surface area (Å²) in [7, 11) is 0. The van der Waals surface area contributed by atoms with E-state index in [1.54, 1.807) is 18.2 Å². The molecule has 1 aliphatic carbocycles. The van der Waals surface area contributed by atoms with Crippen LogP contribution in [0, 0.1) is 11.7 Å². The van der Waals surface area contributed by atoms with Crippen LogP contribution < -0.4 is 11.1 Å². The molecule has 4 nitrogen and oxygen atoms in total. The molecule has 3 N–H and O–H groups in total. The van der Waals surface area contributed by atoms with Crippen LogP contribution in [-0.2, 0) is 0 Å². The van der Waals surface area contributed by atoms with Crippen molar-refractivity contribution >= 4 is 22.5 Å². The number of rotatable bonds is 5. The van der Waals surface area contributed by atoms with Gasteiger partial charge in [-0.25, -0.2) is 9.37 Å². The molecule has 0 radical (unpaired) electrons. The standard InChI is InChI=1S/C26H22FN3O/c27-20-12-6-4-10-18(20)24(17-14-15-17)30-26(31)22-19-11-5-7-13-21(19)29-25(23(22)28)16-8-2-1-3-9-16/h1-13,17,24H,14-15,28H2,(H,30,31)/t24-/m0/s1. The maximum Gasteiger partial charge on any atom is 0.254 e. The first-order valence-electron chi connectivity index (χ1n) is 10.4. The maximum atomic E-state index is 14.5. The quantitative estimate of drug-likeness (QED) is 0.455. The molecule has 0 spiro atoms. The third-order valence-electron chi connectivity index (χ3n) is 5.82. The van der Waals surface area contributed by atoms with Gasteiger partial charge in [0.25, 0.3) is 5.91 Å². The molecule has 31 heavy (non-hydrogen) atoms. The largest absolute Gasteiger partial charge is 0.396 e. The lowest BCUT2D eigenvalue weighted by molar-refractivity contribution is 0.0933. The number of aromatic nitrogens is 1. The van der Waals surface area contributed by atoms with Crippen LogP contribution in [-0.4, -0.2) is 10.9 Å². The lowest BCUT2D eigenvalue weighted by Gasteiger charge is -2.21. The van der Waals surface area contributed by atoms with Gasteiger partial charge in [-0.15, -0.1) is 0 Å². The molecule has 0 saturated heterocycles. The number of para-hydroxylation sites is 1. The lowest BCUT2D eigenvalue weighted by Crippen LogP contribution is -2.31. The average molecular weight is 411 g/mol. The molecule has 1 aliphatic rings. The fourth-order valence-electron chi connectivity index (χ4n) is 4.11. The van der Waals surface area contributed by atoms with E-state index in [1.165, 1.54) is 6.07 Å². The number of carbonyl (C=O) groups is 1. The van der Waals surface area contributed by atoms with Crippen LogP contribution in [0.15, 0.2) is 78.9 Å². The Morgan fingerprint density at radius 3 is 2.39 bits per heavy atom. The van der Waals surface area contributed by atoms with Gasteiger partial charge in [0.1, 0.15) is 5.82 Å². The monoisotopic (exact) mass is 411 g/mol. The highest BCUT2D eigenvalue weighted by Gasteiger charge is 2.35. The SMILES string of the molecule is Nc1c(-c2ccccc2)nc2ccccc2c1C(=O)N[C@H](c1ccccc1F)C1CC1. The van der Waals surface area contributed by atoms with E-state index < -0.39 is 0 Å². The summed E-state index contributed by atoms with van der Waals surface area (Å²) in [5, 5.41) is 3.76. The Kier molecular flexibility index (Phi) is 4.86. The topological polar surface area (TPSA) is 68.0 Å². The summed E-state index contributed by atoms with van der Waals surface area (Å²) >= 11 is 0. The summed E-state index contributed by atoms with van der Waals surface area (Å²) in [5.41, 5.74) is 9.84. The molecule has 0 bridgehead atoms. The second-order valence-electron chi connectivity index (χ2n) is 7.94. The predicted octanol–water partition coefficient (Wildman–Crippen LogP) is 5.50. The van der Waals surface area contributed by atoms with E-state index in [0.29, 0.717) is 33.4 Å². The minimum atomic E-state index is -0.389. The molecular weight excluding hydrogens is 389 g/mol. The second-order valence-corrected chi connectivity index (χ2v) is 7.94. The van der Waals surface area contributed by atoms with Crippen molar-refractivity contribution in [1.29, 1.82) is 0 Å². The van der Waals surface area contributed by atoms with Crippen LogP contribution in [0.4, 0.5) is 10.1 Å². The van der Waals surface area contributed by atoms with E-state index in [1.807, 2.05) is 54.6 Å². The Bertz CT molecular complexity index is 1270. The second kappa shape index (κ2) is 7.84. The van der Waals surface area contributed by atoms with Crippen LogP contribution in [0.25, 0.3) is 22.2 Å². The van der Waals surface area contributed by atoms with Crippen molar-refractivity contribution in [3.05, 3.63) is 95.8 Å². The Balaban J connectivity index is 1.61. The summed E-state index contributed by atoms with van der Waals surface area (Å²) in [4.78, 5) is 18.3. The van der Waals surface area contributed by atoms with Crippen LogP contribution in [0.2, 0.25) is 0 Å². The Morgan fingerprint density at radius 2 is 1.65 bits per heavy atom. The number of nitrogens with zero attached hydrogens (tertiary/aromatic N) is 1. The zero-order valence-corrected chi connectivity index (χ0v) is 16.9. The Hall–Kier alpha value is -3.73. The van der Waals surface area contributed by atoms with Crippen LogP contribution >= 0.6 is 0 Å². The number of nitrogen functional groups attached to an aromatic ring is 1. The van der Waals surface area contributed by atoms with Crippen molar-refractivity contribution in [3.8, 4) is 11.3 Å². The van der Waals surface area contributed by atoms with Crippen molar-refractivity contribution in [1.82, 2.24) is 10.3 Å². The van der Waals surface area contributed by atoms with Gasteiger partial charge in [-0.05, 0) is 30.9 Å². The molecule has 1 atom stereocenters. The summed E-state index contributed by atoms with van der Waals surface area (Å²) in [6.45, 7) is 0. The van der Waals surface area contributed by atoms with Gasteiger partial charge in [-0.1, -0.05) is 66.7 Å². The van der Waals surface area contributed by atoms with E-state index in [-0.39, 0.29) is 23.7 Å². The Labute approximate surface area is 179 Å². The number of nitrogens with two attached hydrogens (primary N) is 1. The fourth-order valence-corrected chi connectivity index (χ4v) is 4.11. The van der Waals surface area contributed by atoms with Crippen molar-refractivity contribution in [3.63, 3.8) is 0 Å². The molecule has 5 rings (SSSR count). The molecule has 5 heteroatoms. The normalized spacial score (nSPS) is 14.4. The number of fused-ring (bicyclic) bond motifs is 1. The molecule has 154 valence electrons. The number of nitrogens with one attached hydrogen (secondary N) is 1. The maximum absolute atomic E-state index is 14.5. The molecule has 1 heterocycles. The smallest absolute Gasteiger partial charge is 0.254 e. The van der Waals surface area contributed by atoms with Crippen molar-refractivity contribution in [2.45, 2.75) is 18.9 Å². The summed E-state index contributed by atoms with van der Waals surface area (Å²) in [6.07, 6.45) is 1.92.